The van der Waals surface area contributed by atoms with Crippen LogP contribution in [0.1, 0.15) is 43.1 Å². The molecule has 0 unspecified atom stereocenters. The number of carbonyl (C=O) groups is 3. The molecule has 0 saturated heterocycles. The van der Waals surface area contributed by atoms with Gasteiger partial charge in [0.15, 0.2) is 0 Å². The van der Waals surface area contributed by atoms with Crippen LogP contribution < -0.4 is 5.32 Å². The highest BCUT2D eigenvalue weighted by Crippen LogP contribution is 2.30. The summed E-state index contributed by atoms with van der Waals surface area (Å²) in [5, 5.41) is 3.42. The molecule has 2 aromatic rings. The van der Waals surface area contributed by atoms with Crippen molar-refractivity contribution in [2.45, 2.75) is 50.7 Å². The lowest BCUT2D eigenvalue weighted by Crippen LogP contribution is -2.49. The zero-order valence-corrected chi connectivity index (χ0v) is 21.2. The Morgan fingerprint density at radius 3 is 2.24 bits per heavy atom. The van der Waals surface area contributed by atoms with E-state index in [4.69, 9.17) is 23.2 Å². The minimum absolute atomic E-state index is 0.0645. The van der Waals surface area contributed by atoms with Crippen molar-refractivity contribution >= 4 is 50.9 Å². The Kier molecular flexibility index (Phi) is 7.90. The van der Waals surface area contributed by atoms with Crippen LogP contribution in [0.15, 0.2) is 47.4 Å². The van der Waals surface area contributed by atoms with Crippen molar-refractivity contribution in [1.29, 1.82) is 0 Å². The van der Waals surface area contributed by atoms with E-state index in [9.17, 15) is 22.8 Å². The van der Waals surface area contributed by atoms with Gasteiger partial charge in [-0.3, -0.25) is 14.4 Å². The number of halogens is 2. The SMILES string of the molecule is CC(C)NC(=O)[C@H](C)N(Cc1c(Cl)cccc1Cl)C(=O)CCN1C(=O)c2ccccc2S1(=O)=O. The van der Waals surface area contributed by atoms with Crippen molar-refractivity contribution in [3.8, 4) is 0 Å². The van der Waals surface area contributed by atoms with Crippen molar-refractivity contribution in [2.75, 3.05) is 6.54 Å². The van der Waals surface area contributed by atoms with Crippen LogP contribution in [0.2, 0.25) is 10.0 Å². The summed E-state index contributed by atoms with van der Waals surface area (Å²) >= 11 is 12.6. The number of fused-ring (bicyclic) bond motifs is 1. The van der Waals surface area contributed by atoms with E-state index in [0.717, 1.165) is 0 Å². The molecule has 0 saturated carbocycles. The maximum Gasteiger partial charge on any atom is 0.269 e. The van der Waals surface area contributed by atoms with E-state index in [1.165, 1.54) is 23.1 Å². The molecule has 34 heavy (non-hydrogen) atoms. The highest BCUT2D eigenvalue weighted by molar-refractivity contribution is 7.90. The van der Waals surface area contributed by atoms with E-state index in [2.05, 4.69) is 5.32 Å². The number of hydrogen-bond acceptors (Lipinski definition) is 5. The molecule has 11 heteroatoms. The van der Waals surface area contributed by atoms with Gasteiger partial charge >= 0.3 is 0 Å². The number of hydrogen-bond donors (Lipinski definition) is 1. The Bertz CT molecular complexity index is 1210. The summed E-state index contributed by atoms with van der Waals surface area (Å²) in [7, 11) is -4.05. The topological polar surface area (TPSA) is 104 Å². The van der Waals surface area contributed by atoms with Gasteiger partial charge in [-0.05, 0) is 45.0 Å². The molecule has 1 aliphatic heterocycles. The summed E-state index contributed by atoms with van der Waals surface area (Å²) < 4.78 is 26.3. The standard InChI is InChI=1S/C23H25Cl2N3O5S/c1-14(2)26-22(30)15(3)27(13-17-18(24)8-6-9-19(17)25)21(29)11-12-28-23(31)16-7-4-5-10-20(16)34(28,32)33/h4-10,14-15H,11-13H2,1-3H3,(H,26,30)/t15-/m0/s1. The summed E-state index contributed by atoms with van der Waals surface area (Å²) in [6, 6.07) is 9.75. The monoisotopic (exact) mass is 525 g/mol. The van der Waals surface area contributed by atoms with Crippen LogP contribution in [0.3, 0.4) is 0 Å². The number of nitrogens with zero attached hydrogens (tertiary/aromatic N) is 2. The van der Waals surface area contributed by atoms with Gasteiger partial charge in [0.1, 0.15) is 10.9 Å². The molecule has 0 aliphatic carbocycles. The van der Waals surface area contributed by atoms with Gasteiger partial charge in [0.05, 0.1) is 5.56 Å². The lowest BCUT2D eigenvalue weighted by atomic mass is 10.1. The molecule has 0 aromatic heterocycles. The summed E-state index contributed by atoms with van der Waals surface area (Å²) in [5.41, 5.74) is 0.528. The van der Waals surface area contributed by atoms with Crippen molar-refractivity contribution in [1.82, 2.24) is 14.5 Å². The molecule has 0 bridgehead atoms. The Morgan fingerprint density at radius 2 is 1.65 bits per heavy atom. The molecule has 0 spiro atoms. The van der Waals surface area contributed by atoms with Crippen molar-refractivity contribution < 1.29 is 22.8 Å². The van der Waals surface area contributed by atoms with E-state index in [1.54, 1.807) is 45.0 Å². The minimum Gasteiger partial charge on any atom is -0.352 e. The molecular formula is C23H25Cl2N3O5S. The summed E-state index contributed by atoms with van der Waals surface area (Å²) in [6.07, 6.45) is -0.319. The Hall–Kier alpha value is -2.62. The third-order valence-electron chi connectivity index (χ3n) is 5.43. The molecule has 1 atom stereocenters. The first-order valence-electron chi connectivity index (χ1n) is 10.6. The van der Waals surface area contributed by atoms with Gasteiger partial charge in [0.2, 0.25) is 11.8 Å². The highest BCUT2D eigenvalue weighted by Gasteiger charge is 2.41. The van der Waals surface area contributed by atoms with Crippen LogP contribution in [0.5, 0.6) is 0 Å². The summed E-state index contributed by atoms with van der Waals surface area (Å²) in [4.78, 5) is 39.8. The fraction of sp³-hybridized carbons (Fsp3) is 0.348. The van der Waals surface area contributed by atoms with Crippen molar-refractivity contribution in [3.63, 3.8) is 0 Å². The molecule has 8 nitrogen and oxygen atoms in total. The maximum atomic E-state index is 13.3. The third kappa shape index (κ3) is 5.21. The van der Waals surface area contributed by atoms with E-state index >= 15 is 0 Å². The van der Waals surface area contributed by atoms with E-state index in [-0.39, 0.29) is 41.9 Å². The van der Waals surface area contributed by atoms with Gasteiger partial charge in [-0.15, -0.1) is 0 Å². The molecule has 2 aromatic carbocycles. The molecule has 1 aliphatic rings. The molecule has 1 N–H and O–H groups in total. The van der Waals surface area contributed by atoms with Gasteiger partial charge in [0.25, 0.3) is 15.9 Å². The molecule has 182 valence electrons. The first kappa shape index (κ1) is 26.0. The predicted octanol–water partition coefficient (Wildman–Crippen LogP) is 3.47. The molecule has 1 heterocycles. The zero-order chi connectivity index (χ0) is 25.2. The minimum atomic E-state index is -4.05. The lowest BCUT2D eigenvalue weighted by Gasteiger charge is -2.30. The largest absolute Gasteiger partial charge is 0.352 e. The number of sulfonamides is 1. The molecule has 0 fully saturated rings. The van der Waals surface area contributed by atoms with Crippen LogP contribution in [-0.4, -0.2) is 54.0 Å². The number of benzene rings is 2. The first-order valence-corrected chi connectivity index (χ1v) is 12.8. The Labute approximate surface area is 208 Å². The number of carbonyl (C=O) groups excluding carboxylic acids is 3. The number of rotatable bonds is 8. The molecule has 3 amide bonds. The summed E-state index contributed by atoms with van der Waals surface area (Å²) in [5.74, 6) is -1.60. The predicted molar refractivity (Wildman–Crippen MR) is 129 cm³/mol. The maximum absolute atomic E-state index is 13.3. The van der Waals surface area contributed by atoms with E-state index in [0.29, 0.717) is 19.9 Å². The lowest BCUT2D eigenvalue weighted by molar-refractivity contribution is -0.140. The Morgan fingerprint density at radius 1 is 1.03 bits per heavy atom. The second-order valence-corrected chi connectivity index (χ2v) is 10.8. The van der Waals surface area contributed by atoms with Crippen LogP contribution in [0.25, 0.3) is 0 Å². The van der Waals surface area contributed by atoms with Crippen LogP contribution in [-0.2, 0) is 26.2 Å². The average Bonchev–Trinajstić information content (AvgIpc) is 2.96. The summed E-state index contributed by atoms with van der Waals surface area (Å²) in [6.45, 7) is 4.73. The quantitative estimate of drug-likeness (QED) is 0.568. The van der Waals surface area contributed by atoms with Crippen molar-refractivity contribution in [3.05, 3.63) is 63.6 Å². The van der Waals surface area contributed by atoms with E-state index in [1.807, 2.05) is 0 Å². The average molecular weight is 526 g/mol. The normalized spacial score (nSPS) is 15.2. The van der Waals surface area contributed by atoms with Gasteiger partial charge in [-0.1, -0.05) is 41.4 Å². The first-order chi connectivity index (χ1) is 15.9. The van der Waals surface area contributed by atoms with Crippen molar-refractivity contribution in [2.24, 2.45) is 0 Å². The fourth-order valence-electron chi connectivity index (χ4n) is 3.63. The fourth-order valence-corrected chi connectivity index (χ4v) is 5.72. The van der Waals surface area contributed by atoms with Crippen LogP contribution in [0.4, 0.5) is 0 Å². The Balaban J connectivity index is 1.84. The number of amides is 3. The second kappa shape index (κ2) is 10.3. The molecule has 0 radical (unpaired) electrons. The molecular weight excluding hydrogens is 501 g/mol. The van der Waals surface area contributed by atoms with Crippen LogP contribution in [0, 0.1) is 0 Å². The molecule has 3 rings (SSSR count). The second-order valence-electron chi connectivity index (χ2n) is 8.19. The smallest absolute Gasteiger partial charge is 0.269 e. The number of nitrogens with one attached hydrogen (secondary N) is 1. The van der Waals surface area contributed by atoms with Gasteiger partial charge < -0.3 is 10.2 Å². The van der Waals surface area contributed by atoms with E-state index < -0.39 is 27.9 Å². The third-order valence-corrected chi connectivity index (χ3v) is 7.98. The zero-order valence-electron chi connectivity index (χ0n) is 18.9. The van der Waals surface area contributed by atoms with Gasteiger partial charge in [0, 0.05) is 41.2 Å². The van der Waals surface area contributed by atoms with Gasteiger partial charge in [-0.2, -0.15) is 0 Å². The highest BCUT2D eigenvalue weighted by atomic mass is 35.5. The van der Waals surface area contributed by atoms with Crippen LogP contribution >= 0.6 is 23.2 Å². The van der Waals surface area contributed by atoms with Gasteiger partial charge in [-0.25, -0.2) is 12.7 Å².